The topological polar surface area (TPSA) is 55.1 Å². The summed E-state index contributed by atoms with van der Waals surface area (Å²) >= 11 is 0. The summed E-state index contributed by atoms with van der Waals surface area (Å²) in [5.74, 6) is -1.03. The summed E-state index contributed by atoms with van der Waals surface area (Å²) in [7, 11) is 0. The molecular weight excluding hydrogens is 204 g/mol. The van der Waals surface area contributed by atoms with Crippen molar-refractivity contribution in [2.75, 3.05) is 0 Å². The molecule has 1 aromatic rings. The second-order valence-corrected chi connectivity index (χ2v) is 4.32. The molecule has 2 atom stereocenters. The third-order valence-corrected chi connectivity index (χ3v) is 2.96. The number of carboxylic acid groups (broad SMARTS) is 1. The van der Waals surface area contributed by atoms with Crippen LogP contribution in [0.25, 0.3) is 0 Å². The maximum atomic E-state index is 10.7. The summed E-state index contributed by atoms with van der Waals surface area (Å²) in [5, 5.41) is 13.2. The van der Waals surface area contributed by atoms with E-state index in [-0.39, 0.29) is 5.92 Å². The molecular formula is C12H20N2O2. The molecule has 4 nitrogen and oxygen atoms in total. The molecule has 0 saturated heterocycles. The Labute approximate surface area is 96.3 Å². The fraction of sp³-hybridized carbons (Fsp3) is 0.667. The lowest BCUT2D eigenvalue weighted by molar-refractivity contribution is -0.141. The normalized spacial score (nSPS) is 14.7. The van der Waals surface area contributed by atoms with Gasteiger partial charge in [-0.15, -0.1) is 0 Å². The molecule has 0 amide bonds. The maximum Gasteiger partial charge on any atom is 0.306 e. The van der Waals surface area contributed by atoms with Crippen molar-refractivity contribution in [1.82, 2.24) is 9.78 Å². The second-order valence-electron chi connectivity index (χ2n) is 4.32. The van der Waals surface area contributed by atoms with E-state index in [1.165, 1.54) is 0 Å². The van der Waals surface area contributed by atoms with Gasteiger partial charge in [0.05, 0.1) is 11.6 Å². The van der Waals surface area contributed by atoms with E-state index in [9.17, 15) is 4.79 Å². The number of aromatic nitrogens is 2. The SMILES string of the molecule is CCC(C)n1ccc(CCC(C)C(=O)O)n1. The average Bonchev–Trinajstić information content (AvgIpc) is 2.73. The minimum atomic E-state index is -0.735. The fourth-order valence-electron chi connectivity index (χ4n) is 1.43. The van der Waals surface area contributed by atoms with Crippen molar-refractivity contribution in [3.05, 3.63) is 18.0 Å². The number of aliphatic carboxylic acids is 1. The van der Waals surface area contributed by atoms with Crippen molar-refractivity contribution in [2.24, 2.45) is 5.92 Å². The maximum absolute atomic E-state index is 10.7. The quantitative estimate of drug-likeness (QED) is 0.807. The molecule has 0 aliphatic carbocycles. The highest BCUT2D eigenvalue weighted by Gasteiger charge is 2.12. The third kappa shape index (κ3) is 3.36. The van der Waals surface area contributed by atoms with Crippen LogP contribution >= 0.6 is 0 Å². The summed E-state index contributed by atoms with van der Waals surface area (Å²) in [6.45, 7) is 5.98. The van der Waals surface area contributed by atoms with Gasteiger partial charge in [0.2, 0.25) is 0 Å². The Kier molecular flexibility index (Phi) is 4.52. The van der Waals surface area contributed by atoms with Crippen LogP contribution in [0.1, 0.15) is 45.3 Å². The molecule has 1 aromatic heterocycles. The zero-order chi connectivity index (χ0) is 12.1. The molecule has 16 heavy (non-hydrogen) atoms. The second kappa shape index (κ2) is 5.68. The number of hydrogen-bond acceptors (Lipinski definition) is 2. The molecule has 0 aromatic carbocycles. The van der Waals surface area contributed by atoms with Gasteiger partial charge in [0, 0.05) is 12.2 Å². The van der Waals surface area contributed by atoms with E-state index in [4.69, 9.17) is 5.11 Å². The highest BCUT2D eigenvalue weighted by Crippen LogP contribution is 2.12. The predicted molar refractivity (Wildman–Crippen MR) is 62.3 cm³/mol. The number of nitrogens with zero attached hydrogens (tertiary/aromatic N) is 2. The van der Waals surface area contributed by atoms with Crippen LogP contribution in [0.3, 0.4) is 0 Å². The van der Waals surface area contributed by atoms with Crippen LogP contribution in [0.15, 0.2) is 12.3 Å². The molecule has 0 aliphatic heterocycles. The van der Waals surface area contributed by atoms with E-state index in [2.05, 4.69) is 18.9 Å². The van der Waals surface area contributed by atoms with Crippen LogP contribution in [0.2, 0.25) is 0 Å². The van der Waals surface area contributed by atoms with E-state index in [0.29, 0.717) is 12.5 Å². The Morgan fingerprint density at radius 1 is 1.56 bits per heavy atom. The molecule has 1 heterocycles. The van der Waals surface area contributed by atoms with E-state index in [1.807, 2.05) is 16.9 Å². The molecule has 0 aliphatic rings. The summed E-state index contributed by atoms with van der Waals surface area (Å²) in [6, 6.07) is 2.38. The van der Waals surface area contributed by atoms with E-state index in [1.54, 1.807) is 6.92 Å². The average molecular weight is 224 g/mol. The van der Waals surface area contributed by atoms with Gasteiger partial charge in [-0.1, -0.05) is 13.8 Å². The van der Waals surface area contributed by atoms with Gasteiger partial charge in [-0.05, 0) is 32.3 Å². The van der Waals surface area contributed by atoms with Gasteiger partial charge in [0.1, 0.15) is 0 Å². The van der Waals surface area contributed by atoms with Gasteiger partial charge >= 0.3 is 5.97 Å². The molecule has 0 bridgehead atoms. The summed E-state index contributed by atoms with van der Waals surface area (Å²) < 4.78 is 1.95. The Balaban J connectivity index is 2.49. The number of aryl methyl sites for hydroxylation is 1. The molecule has 0 fully saturated rings. The van der Waals surface area contributed by atoms with Crippen molar-refractivity contribution < 1.29 is 9.90 Å². The molecule has 4 heteroatoms. The Morgan fingerprint density at radius 2 is 2.25 bits per heavy atom. The zero-order valence-electron chi connectivity index (χ0n) is 10.2. The van der Waals surface area contributed by atoms with Crippen LogP contribution < -0.4 is 0 Å². The number of carboxylic acids is 1. The first-order valence-electron chi connectivity index (χ1n) is 5.81. The largest absolute Gasteiger partial charge is 0.481 e. The molecule has 1 rings (SSSR count). The summed E-state index contributed by atoms with van der Waals surface area (Å²) in [5.41, 5.74) is 0.980. The molecule has 0 saturated carbocycles. The van der Waals surface area contributed by atoms with E-state index >= 15 is 0 Å². The Hall–Kier alpha value is -1.32. The lowest BCUT2D eigenvalue weighted by atomic mass is 10.1. The molecule has 90 valence electrons. The minimum Gasteiger partial charge on any atom is -0.481 e. The smallest absolute Gasteiger partial charge is 0.306 e. The van der Waals surface area contributed by atoms with Gasteiger partial charge in [-0.25, -0.2) is 0 Å². The summed E-state index contributed by atoms with van der Waals surface area (Å²) in [6.07, 6.45) is 4.39. The third-order valence-electron chi connectivity index (χ3n) is 2.96. The van der Waals surface area contributed by atoms with Crippen molar-refractivity contribution in [3.63, 3.8) is 0 Å². The first kappa shape index (κ1) is 12.7. The molecule has 1 N–H and O–H groups in total. The Bertz CT molecular complexity index is 347. The van der Waals surface area contributed by atoms with Gasteiger partial charge in [0.25, 0.3) is 0 Å². The number of carbonyl (C=O) groups is 1. The summed E-state index contributed by atoms with van der Waals surface area (Å²) in [4.78, 5) is 10.7. The highest BCUT2D eigenvalue weighted by atomic mass is 16.4. The number of hydrogen-bond donors (Lipinski definition) is 1. The highest BCUT2D eigenvalue weighted by molar-refractivity contribution is 5.69. The van der Waals surface area contributed by atoms with Crippen molar-refractivity contribution in [3.8, 4) is 0 Å². The van der Waals surface area contributed by atoms with E-state index in [0.717, 1.165) is 18.5 Å². The van der Waals surface area contributed by atoms with Gasteiger partial charge in [0.15, 0.2) is 0 Å². The van der Waals surface area contributed by atoms with Crippen LogP contribution in [-0.2, 0) is 11.2 Å². The van der Waals surface area contributed by atoms with Crippen LogP contribution in [0.4, 0.5) is 0 Å². The first-order chi connectivity index (χ1) is 7.54. The predicted octanol–water partition coefficient (Wildman–Crippen LogP) is 2.51. The van der Waals surface area contributed by atoms with Crippen molar-refractivity contribution >= 4 is 5.97 Å². The van der Waals surface area contributed by atoms with Crippen LogP contribution in [0.5, 0.6) is 0 Å². The molecule has 0 radical (unpaired) electrons. The number of rotatable bonds is 6. The fourth-order valence-corrected chi connectivity index (χ4v) is 1.43. The van der Waals surface area contributed by atoms with Gasteiger partial charge in [-0.3, -0.25) is 9.48 Å². The lowest BCUT2D eigenvalue weighted by Crippen LogP contribution is -2.10. The molecule has 0 spiro atoms. The monoisotopic (exact) mass is 224 g/mol. The van der Waals surface area contributed by atoms with Crippen molar-refractivity contribution in [2.45, 2.75) is 46.1 Å². The Morgan fingerprint density at radius 3 is 2.81 bits per heavy atom. The van der Waals surface area contributed by atoms with Gasteiger partial charge < -0.3 is 5.11 Å². The molecule has 2 unspecified atom stereocenters. The minimum absolute atomic E-state index is 0.297. The van der Waals surface area contributed by atoms with Crippen LogP contribution in [0, 0.1) is 5.92 Å². The van der Waals surface area contributed by atoms with Crippen molar-refractivity contribution in [1.29, 1.82) is 0 Å². The van der Waals surface area contributed by atoms with Crippen LogP contribution in [-0.4, -0.2) is 20.9 Å². The zero-order valence-corrected chi connectivity index (χ0v) is 10.2. The van der Waals surface area contributed by atoms with Gasteiger partial charge in [-0.2, -0.15) is 5.10 Å². The lowest BCUT2D eigenvalue weighted by Gasteiger charge is -2.08. The standard InChI is InChI=1S/C12H20N2O2/c1-4-10(3)14-8-7-11(13-14)6-5-9(2)12(15)16/h7-10H,4-6H2,1-3H3,(H,15,16). The first-order valence-corrected chi connectivity index (χ1v) is 5.81. The van der Waals surface area contributed by atoms with E-state index < -0.39 is 5.97 Å².